The minimum atomic E-state index is 0. The number of piperazine rings is 1. The van der Waals surface area contributed by atoms with Gasteiger partial charge in [-0.25, -0.2) is 0 Å². The van der Waals surface area contributed by atoms with Crippen molar-refractivity contribution in [3.8, 4) is 0 Å². The average Bonchev–Trinajstić information content (AvgIpc) is 3.48. The number of likely N-dealkylation sites (tertiary alicyclic amines) is 1. The van der Waals surface area contributed by atoms with E-state index in [1.807, 2.05) is 34.1 Å². The lowest BCUT2D eigenvalue weighted by molar-refractivity contribution is -0.117. The first-order valence-electron chi connectivity index (χ1n) is 12.7. The van der Waals surface area contributed by atoms with Gasteiger partial charge in [-0.15, -0.1) is 12.4 Å². The van der Waals surface area contributed by atoms with Crippen LogP contribution in [0.5, 0.6) is 0 Å². The molecule has 2 amide bonds. The number of benzene rings is 2. The number of carbonyl (C=O) groups excluding carboxylic acids is 2. The molecule has 3 saturated heterocycles. The second-order valence-electron chi connectivity index (χ2n) is 10.1. The number of hydrogen-bond donors (Lipinski definition) is 0. The standard InChI is InChI=1S/C28H36N4O2.ClH/c1-21-17-22(2)19-26(18-21)30-13-15-31(16-14-30)28(34)23-5-7-24(8-6-23)32-25(9-10-27(32)33)20-29-11-3-4-12-29;/h5-8,17-19,25H,3-4,9-16,20H2,1-2H3;1H. The Balaban J connectivity index is 0.00000289. The Hall–Kier alpha value is -2.57. The molecule has 6 nitrogen and oxygen atoms in total. The highest BCUT2D eigenvalue weighted by Gasteiger charge is 2.34. The van der Waals surface area contributed by atoms with Crippen LogP contribution in [0.25, 0.3) is 0 Å². The summed E-state index contributed by atoms with van der Waals surface area (Å²) in [6.45, 7) is 10.6. The van der Waals surface area contributed by atoms with Crippen molar-refractivity contribution in [1.29, 1.82) is 0 Å². The van der Waals surface area contributed by atoms with Gasteiger partial charge in [0.25, 0.3) is 5.91 Å². The predicted molar refractivity (Wildman–Crippen MR) is 144 cm³/mol. The molecule has 3 heterocycles. The molecule has 1 atom stereocenters. The molecular weight excluding hydrogens is 460 g/mol. The number of anilines is 2. The third-order valence-corrected chi connectivity index (χ3v) is 7.52. The highest BCUT2D eigenvalue weighted by molar-refractivity contribution is 5.98. The zero-order chi connectivity index (χ0) is 23.7. The summed E-state index contributed by atoms with van der Waals surface area (Å²) in [7, 11) is 0. The van der Waals surface area contributed by atoms with Crippen molar-refractivity contribution in [3.63, 3.8) is 0 Å². The Bertz CT molecular complexity index is 1020. The van der Waals surface area contributed by atoms with Crippen LogP contribution in [0.4, 0.5) is 11.4 Å². The molecule has 3 fully saturated rings. The smallest absolute Gasteiger partial charge is 0.253 e. The number of aryl methyl sites for hydroxylation is 2. The molecule has 0 radical (unpaired) electrons. The maximum atomic E-state index is 13.2. The first kappa shape index (κ1) is 25.5. The molecule has 7 heteroatoms. The van der Waals surface area contributed by atoms with Crippen LogP contribution < -0.4 is 9.80 Å². The van der Waals surface area contributed by atoms with Crippen LogP contribution in [0.1, 0.15) is 47.2 Å². The summed E-state index contributed by atoms with van der Waals surface area (Å²) in [5, 5.41) is 0. The molecule has 0 spiro atoms. The number of carbonyl (C=O) groups is 2. The summed E-state index contributed by atoms with van der Waals surface area (Å²) in [6, 6.07) is 14.6. The summed E-state index contributed by atoms with van der Waals surface area (Å²) >= 11 is 0. The zero-order valence-corrected chi connectivity index (χ0v) is 21.7. The van der Waals surface area contributed by atoms with Gasteiger partial charge in [-0.05, 0) is 93.7 Å². The number of hydrogen-bond acceptors (Lipinski definition) is 4. The topological polar surface area (TPSA) is 47.1 Å². The maximum Gasteiger partial charge on any atom is 0.253 e. The lowest BCUT2D eigenvalue weighted by Gasteiger charge is -2.36. The van der Waals surface area contributed by atoms with E-state index < -0.39 is 0 Å². The third kappa shape index (κ3) is 5.65. The van der Waals surface area contributed by atoms with Crippen LogP contribution in [0, 0.1) is 13.8 Å². The van der Waals surface area contributed by atoms with Crippen molar-refractivity contribution in [2.24, 2.45) is 0 Å². The molecule has 5 rings (SSSR count). The van der Waals surface area contributed by atoms with Crippen molar-refractivity contribution >= 4 is 35.6 Å². The molecule has 0 aromatic heterocycles. The second-order valence-corrected chi connectivity index (χ2v) is 10.1. The van der Waals surface area contributed by atoms with Crippen molar-refractivity contribution < 1.29 is 9.59 Å². The van der Waals surface area contributed by atoms with Crippen LogP contribution in [-0.2, 0) is 4.79 Å². The van der Waals surface area contributed by atoms with E-state index in [9.17, 15) is 9.59 Å². The number of rotatable bonds is 5. The summed E-state index contributed by atoms with van der Waals surface area (Å²) in [6.07, 6.45) is 4.05. The highest BCUT2D eigenvalue weighted by atomic mass is 35.5. The number of amides is 2. The molecule has 3 aliphatic rings. The van der Waals surface area contributed by atoms with Gasteiger partial charge < -0.3 is 19.6 Å². The number of halogens is 1. The fourth-order valence-electron chi connectivity index (χ4n) is 5.78. The van der Waals surface area contributed by atoms with Crippen molar-refractivity contribution in [2.45, 2.75) is 45.6 Å². The van der Waals surface area contributed by atoms with Gasteiger partial charge in [0.1, 0.15) is 0 Å². The van der Waals surface area contributed by atoms with E-state index in [4.69, 9.17) is 0 Å². The van der Waals surface area contributed by atoms with Gasteiger partial charge in [0.15, 0.2) is 0 Å². The van der Waals surface area contributed by atoms with Gasteiger partial charge in [0, 0.05) is 56.1 Å². The SMILES string of the molecule is Cc1cc(C)cc(N2CCN(C(=O)c3ccc(N4C(=O)CCC4CN4CCCC4)cc3)CC2)c1.Cl. The van der Waals surface area contributed by atoms with E-state index in [0.717, 1.165) is 57.9 Å². The largest absolute Gasteiger partial charge is 0.368 e. The molecule has 0 bridgehead atoms. The minimum absolute atomic E-state index is 0. The van der Waals surface area contributed by atoms with Crippen molar-refractivity contribution in [2.75, 3.05) is 55.6 Å². The second kappa shape index (κ2) is 11.0. The van der Waals surface area contributed by atoms with Gasteiger partial charge in [-0.1, -0.05) is 6.07 Å². The summed E-state index contributed by atoms with van der Waals surface area (Å²) < 4.78 is 0. The number of nitrogens with zero attached hydrogens (tertiary/aromatic N) is 4. The molecule has 0 saturated carbocycles. The maximum absolute atomic E-state index is 13.2. The Kier molecular flexibility index (Phi) is 8.02. The minimum Gasteiger partial charge on any atom is -0.368 e. The highest BCUT2D eigenvalue weighted by Crippen LogP contribution is 2.29. The normalized spacial score (nSPS) is 20.9. The lowest BCUT2D eigenvalue weighted by atomic mass is 10.1. The predicted octanol–water partition coefficient (Wildman–Crippen LogP) is 4.28. The zero-order valence-electron chi connectivity index (χ0n) is 20.9. The average molecular weight is 497 g/mol. The van der Waals surface area contributed by atoms with Crippen LogP contribution in [-0.4, -0.2) is 73.5 Å². The Labute approximate surface area is 215 Å². The lowest BCUT2D eigenvalue weighted by Crippen LogP contribution is -2.48. The molecule has 2 aromatic carbocycles. The molecule has 2 aromatic rings. The van der Waals surface area contributed by atoms with Crippen LogP contribution in [0.15, 0.2) is 42.5 Å². The van der Waals surface area contributed by atoms with Crippen LogP contribution >= 0.6 is 12.4 Å². The van der Waals surface area contributed by atoms with Gasteiger partial charge in [0.05, 0.1) is 6.04 Å². The first-order valence-corrected chi connectivity index (χ1v) is 12.7. The summed E-state index contributed by atoms with van der Waals surface area (Å²) in [5.74, 6) is 0.277. The van der Waals surface area contributed by atoms with E-state index >= 15 is 0 Å². The van der Waals surface area contributed by atoms with Crippen LogP contribution in [0.3, 0.4) is 0 Å². The van der Waals surface area contributed by atoms with Gasteiger partial charge >= 0.3 is 0 Å². The molecule has 3 aliphatic heterocycles. The van der Waals surface area contributed by atoms with E-state index in [1.54, 1.807) is 0 Å². The first-order chi connectivity index (χ1) is 16.5. The molecule has 0 N–H and O–H groups in total. The van der Waals surface area contributed by atoms with E-state index in [2.05, 4.69) is 41.8 Å². The quantitative estimate of drug-likeness (QED) is 0.620. The molecule has 0 aliphatic carbocycles. The summed E-state index contributed by atoms with van der Waals surface area (Å²) in [5.41, 5.74) is 5.41. The van der Waals surface area contributed by atoms with Gasteiger partial charge in [-0.3, -0.25) is 9.59 Å². The van der Waals surface area contributed by atoms with Crippen molar-refractivity contribution in [3.05, 3.63) is 59.2 Å². The molecular formula is C28H37ClN4O2. The fraction of sp³-hybridized carbons (Fsp3) is 0.500. The van der Waals surface area contributed by atoms with Gasteiger partial charge in [-0.2, -0.15) is 0 Å². The Morgan fingerprint density at radius 3 is 2.11 bits per heavy atom. The van der Waals surface area contributed by atoms with Gasteiger partial charge in [0.2, 0.25) is 5.91 Å². The molecule has 1 unspecified atom stereocenters. The third-order valence-electron chi connectivity index (χ3n) is 7.52. The van der Waals surface area contributed by atoms with E-state index in [1.165, 1.54) is 29.7 Å². The van der Waals surface area contributed by atoms with Crippen molar-refractivity contribution in [1.82, 2.24) is 9.80 Å². The van der Waals surface area contributed by atoms with E-state index in [0.29, 0.717) is 12.0 Å². The Morgan fingerprint density at radius 2 is 1.49 bits per heavy atom. The monoisotopic (exact) mass is 496 g/mol. The summed E-state index contributed by atoms with van der Waals surface area (Å²) in [4.78, 5) is 34.6. The fourth-order valence-corrected chi connectivity index (χ4v) is 5.78. The molecule has 35 heavy (non-hydrogen) atoms. The van der Waals surface area contributed by atoms with Crippen LogP contribution in [0.2, 0.25) is 0 Å². The Morgan fingerprint density at radius 1 is 0.857 bits per heavy atom. The van der Waals surface area contributed by atoms with E-state index in [-0.39, 0.29) is 30.3 Å². The molecule has 188 valence electrons.